The number of carbonyl (C=O) groups excluding carboxylic acids is 2. The first kappa shape index (κ1) is 24.1. The van der Waals surface area contributed by atoms with Gasteiger partial charge >= 0.3 is 0 Å². The van der Waals surface area contributed by atoms with Crippen LogP contribution in [-0.2, 0) is 21.2 Å². The number of hydrogen-bond donors (Lipinski definition) is 3. The fraction of sp³-hybridized carbons (Fsp3) is 0.130. The van der Waals surface area contributed by atoms with Gasteiger partial charge in [-0.3, -0.25) is 25.2 Å². The average Bonchev–Trinajstić information content (AvgIpc) is 2.82. The van der Waals surface area contributed by atoms with Crippen molar-refractivity contribution in [2.45, 2.75) is 17.7 Å². The quantitative estimate of drug-likeness (QED) is 0.420. The summed E-state index contributed by atoms with van der Waals surface area (Å²) in [6.07, 6.45) is 0.601. The monoisotopic (exact) mass is 487 g/mol. The molecule has 0 bridgehead atoms. The molecule has 0 spiro atoms. The van der Waals surface area contributed by atoms with Crippen LogP contribution in [0.15, 0.2) is 77.7 Å². The van der Waals surface area contributed by atoms with Gasteiger partial charge in [0, 0.05) is 12.0 Å². The lowest BCUT2D eigenvalue weighted by molar-refractivity contribution is -0.121. The highest BCUT2D eigenvalue weighted by Crippen LogP contribution is 2.24. The maximum Gasteiger partial charge on any atom is 0.269 e. The van der Waals surface area contributed by atoms with E-state index in [0.717, 1.165) is 5.56 Å². The van der Waals surface area contributed by atoms with Crippen molar-refractivity contribution in [1.29, 1.82) is 0 Å². The molecular formula is C23H22ClN3O5S. The molecule has 3 aromatic rings. The number of para-hydroxylation sites is 1. The van der Waals surface area contributed by atoms with Crippen LogP contribution in [0.4, 0.5) is 5.69 Å². The summed E-state index contributed by atoms with van der Waals surface area (Å²) in [5.74, 6) is -0.352. The van der Waals surface area contributed by atoms with E-state index in [0.29, 0.717) is 12.2 Å². The molecule has 10 heteroatoms. The second-order valence-electron chi connectivity index (χ2n) is 6.97. The summed E-state index contributed by atoms with van der Waals surface area (Å²) in [6, 6.07) is 19.2. The van der Waals surface area contributed by atoms with Crippen LogP contribution >= 0.6 is 11.6 Å². The minimum absolute atomic E-state index is 0.0603. The molecule has 2 amide bonds. The Morgan fingerprint density at radius 3 is 2.45 bits per heavy atom. The van der Waals surface area contributed by atoms with E-state index < -0.39 is 21.8 Å². The van der Waals surface area contributed by atoms with E-state index in [9.17, 15) is 18.0 Å². The van der Waals surface area contributed by atoms with E-state index in [-0.39, 0.29) is 27.6 Å². The molecular weight excluding hydrogens is 466 g/mol. The van der Waals surface area contributed by atoms with Crippen LogP contribution in [0, 0.1) is 0 Å². The summed E-state index contributed by atoms with van der Waals surface area (Å²) in [6.45, 7) is 0. The zero-order valence-corrected chi connectivity index (χ0v) is 19.2. The Hall–Kier alpha value is -3.56. The van der Waals surface area contributed by atoms with Gasteiger partial charge in [0.15, 0.2) is 0 Å². The lowest BCUT2D eigenvalue weighted by atomic mass is 10.1. The summed E-state index contributed by atoms with van der Waals surface area (Å²) < 4.78 is 32.9. The minimum atomic E-state index is -3.98. The predicted molar refractivity (Wildman–Crippen MR) is 126 cm³/mol. The number of sulfonamides is 1. The van der Waals surface area contributed by atoms with E-state index in [1.54, 1.807) is 25.3 Å². The molecule has 0 saturated heterocycles. The number of benzene rings is 3. The normalized spacial score (nSPS) is 10.8. The van der Waals surface area contributed by atoms with Gasteiger partial charge in [0.25, 0.3) is 15.9 Å². The summed E-state index contributed by atoms with van der Waals surface area (Å²) in [7, 11) is -2.42. The molecule has 0 aliphatic rings. The molecule has 0 aliphatic heterocycles. The van der Waals surface area contributed by atoms with Crippen molar-refractivity contribution in [2.24, 2.45) is 0 Å². The molecule has 3 aromatic carbocycles. The van der Waals surface area contributed by atoms with E-state index in [1.165, 1.54) is 30.3 Å². The van der Waals surface area contributed by atoms with E-state index in [4.69, 9.17) is 16.3 Å². The molecule has 33 heavy (non-hydrogen) atoms. The fourth-order valence-corrected chi connectivity index (χ4v) is 4.26. The third-order valence-corrected chi connectivity index (χ3v) is 6.31. The molecule has 0 fully saturated rings. The highest BCUT2D eigenvalue weighted by atomic mass is 35.5. The van der Waals surface area contributed by atoms with Crippen molar-refractivity contribution in [3.8, 4) is 5.75 Å². The molecule has 0 saturated carbocycles. The van der Waals surface area contributed by atoms with Gasteiger partial charge in [-0.1, -0.05) is 41.9 Å². The molecule has 3 N–H and O–H groups in total. The molecule has 8 nitrogen and oxygen atoms in total. The van der Waals surface area contributed by atoms with Gasteiger partial charge in [-0.25, -0.2) is 8.42 Å². The zero-order chi connectivity index (χ0) is 23.8. The molecule has 172 valence electrons. The van der Waals surface area contributed by atoms with Crippen LogP contribution in [0.2, 0.25) is 5.02 Å². The molecule has 0 unspecified atom stereocenters. The Kier molecular flexibility index (Phi) is 7.92. The number of anilines is 1. The first-order valence-electron chi connectivity index (χ1n) is 9.88. The SMILES string of the molecule is COc1cccc(CCC(=O)NNC(=O)c2cccc(S(=O)(=O)Nc3ccccc3Cl)c2)c1. The largest absolute Gasteiger partial charge is 0.497 e. The third-order valence-electron chi connectivity index (χ3n) is 4.62. The smallest absolute Gasteiger partial charge is 0.269 e. The molecule has 0 aliphatic carbocycles. The van der Waals surface area contributed by atoms with Crippen LogP contribution in [0.1, 0.15) is 22.3 Å². The summed E-state index contributed by atoms with van der Waals surface area (Å²) in [4.78, 5) is 24.4. The number of hydrogen-bond acceptors (Lipinski definition) is 5. The molecule has 0 atom stereocenters. The Balaban J connectivity index is 1.58. The van der Waals surface area contributed by atoms with E-state index >= 15 is 0 Å². The average molecular weight is 488 g/mol. The lowest BCUT2D eigenvalue weighted by Crippen LogP contribution is -2.41. The van der Waals surface area contributed by atoms with Crippen LogP contribution < -0.4 is 20.3 Å². The van der Waals surface area contributed by atoms with Gasteiger partial charge in [-0.05, 0) is 54.4 Å². The standard InChI is InChI=1S/C23H22ClN3O5S/c1-32-18-8-4-6-16(14-18)12-13-22(28)25-26-23(29)17-7-5-9-19(15-17)33(30,31)27-21-11-3-2-10-20(21)24/h2-11,14-15,27H,12-13H2,1H3,(H,25,28)(H,26,29). The number of halogens is 1. The van der Waals surface area contributed by atoms with E-state index in [2.05, 4.69) is 15.6 Å². The van der Waals surface area contributed by atoms with Crippen LogP contribution in [0.5, 0.6) is 5.75 Å². The fourth-order valence-electron chi connectivity index (χ4n) is 2.90. The molecule has 0 heterocycles. The summed E-state index contributed by atoms with van der Waals surface area (Å²) >= 11 is 6.01. The second-order valence-corrected chi connectivity index (χ2v) is 9.06. The zero-order valence-electron chi connectivity index (χ0n) is 17.7. The van der Waals surface area contributed by atoms with Crippen molar-refractivity contribution in [3.05, 3.63) is 88.9 Å². The van der Waals surface area contributed by atoms with Gasteiger partial charge in [-0.2, -0.15) is 0 Å². The van der Waals surface area contributed by atoms with Crippen LogP contribution in [0.3, 0.4) is 0 Å². The van der Waals surface area contributed by atoms with Gasteiger partial charge < -0.3 is 4.74 Å². The van der Waals surface area contributed by atoms with Crippen LogP contribution in [0.25, 0.3) is 0 Å². The number of rotatable bonds is 8. The topological polar surface area (TPSA) is 114 Å². The first-order chi connectivity index (χ1) is 15.8. The highest BCUT2D eigenvalue weighted by molar-refractivity contribution is 7.92. The van der Waals surface area contributed by atoms with Gasteiger partial charge in [-0.15, -0.1) is 0 Å². The van der Waals surface area contributed by atoms with Crippen molar-refractivity contribution in [1.82, 2.24) is 10.9 Å². The van der Waals surface area contributed by atoms with Crippen LogP contribution in [-0.4, -0.2) is 27.3 Å². The Morgan fingerprint density at radius 2 is 1.70 bits per heavy atom. The van der Waals surface area contributed by atoms with Crippen molar-refractivity contribution in [3.63, 3.8) is 0 Å². The van der Waals surface area contributed by atoms with Gasteiger partial charge in [0.2, 0.25) is 5.91 Å². The highest BCUT2D eigenvalue weighted by Gasteiger charge is 2.18. The Labute approximate surface area is 196 Å². The minimum Gasteiger partial charge on any atom is -0.497 e. The van der Waals surface area contributed by atoms with Crippen molar-refractivity contribution < 1.29 is 22.7 Å². The summed E-state index contributed by atoms with van der Waals surface area (Å²) in [5.41, 5.74) is 5.83. The molecule has 3 rings (SSSR count). The number of nitrogens with one attached hydrogen (secondary N) is 3. The molecule has 0 aromatic heterocycles. The van der Waals surface area contributed by atoms with Gasteiger partial charge in [0.05, 0.1) is 22.7 Å². The second kappa shape index (κ2) is 10.8. The predicted octanol–water partition coefficient (Wildman–Crippen LogP) is 3.54. The Morgan fingerprint density at radius 1 is 0.939 bits per heavy atom. The maximum atomic E-state index is 12.7. The summed E-state index contributed by atoms with van der Waals surface area (Å²) in [5, 5.41) is 0.242. The number of ether oxygens (including phenoxy) is 1. The van der Waals surface area contributed by atoms with Crippen molar-refractivity contribution >= 4 is 39.1 Å². The first-order valence-corrected chi connectivity index (χ1v) is 11.7. The van der Waals surface area contributed by atoms with E-state index in [1.807, 2.05) is 24.3 Å². The number of aryl methyl sites for hydroxylation is 1. The third kappa shape index (κ3) is 6.71. The number of methoxy groups -OCH3 is 1. The van der Waals surface area contributed by atoms with Crippen molar-refractivity contribution in [2.75, 3.05) is 11.8 Å². The molecule has 0 radical (unpaired) electrons. The maximum absolute atomic E-state index is 12.7. The number of carbonyl (C=O) groups is 2. The lowest BCUT2D eigenvalue weighted by Gasteiger charge is -2.11. The number of hydrazine groups is 1. The van der Waals surface area contributed by atoms with Gasteiger partial charge in [0.1, 0.15) is 5.75 Å². The Bertz CT molecular complexity index is 1260. The number of amides is 2.